The van der Waals surface area contributed by atoms with Crippen LogP contribution >= 0.6 is 0 Å². The van der Waals surface area contributed by atoms with Crippen LogP contribution in [0.4, 0.5) is 4.39 Å². The van der Waals surface area contributed by atoms with Gasteiger partial charge >= 0.3 is 0 Å². The van der Waals surface area contributed by atoms with Crippen molar-refractivity contribution in [2.75, 3.05) is 6.61 Å². The fraction of sp³-hybridized carbons (Fsp3) is 0.250. The average molecular weight is 244 g/mol. The summed E-state index contributed by atoms with van der Waals surface area (Å²) < 4.78 is 13.9. The molecule has 2 rings (SSSR count). The first kappa shape index (κ1) is 12.8. The predicted molar refractivity (Wildman–Crippen MR) is 71.0 cm³/mol. The monoisotopic (exact) mass is 244 g/mol. The highest BCUT2D eigenvalue weighted by molar-refractivity contribution is 5.30. The van der Waals surface area contributed by atoms with Crippen molar-refractivity contribution in [3.05, 3.63) is 71.5 Å². The topological polar surface area (TPSA) is 20.2 Å². The van der Waals surface area contributed by atoms with Gasteiger partial charge in [-0.25, -0.2) is 4.39 Å². The molecule has 0 heterocycles. The molecular formula is C16H17FO. The van der Waals surface area contributed by atoms with Gasteiger partial charge < -0.3 is 5.11 Å². The molecule has 2 aromatic carbocycles. The Morgan fingerprint density at radius 3 is 2.22 bits per heavy atom. The molecule has 18 heavy (non-hydrogen) atoms. The highest BCUT2D eigenvalue weighted by atomic mass is 19.1. The highest BCUT2D eigenvalue weighted by Crippen LogP contribution is 2.29. The van der Waals surface area contributed by atoms with Gasteiger partial charge in [-0.2, -0.15) is 0 Å². The molecule has 0 fully saturated rings. The van der Waals surface area contributed by atoms with E-state index in [9.17, 15) is 9.50 Å². The summed E-state index contributed by atoms with van der Waals surface area (Å²) in [5.74, 6) is -0.259. The Hall–Kier alpha value is -1.67. The Kier molecular flexibility index (Phi) is 3.78. The fourth-order valence-electron chi connectivity index (χ4n) is 2.23. The summed E-state index contributed by atoms with van der Waals surface area (Å²) in [6.45, 7) is 1.81. The van der Waals surface area contributed by atoms with Crippen LogP contribution in [-0.4, -0.2) is 11.7 Å². The lowest BCUT2D eigenvalue weighted by molar-refractivity contribution is 0.201. The van der Waals surface area contributed by atoms with E-state index in [1.54, 1.807) is 18.2 Å². The predicted octanol–water partition coefficient (Wildman–Crippen LogP) is 3.32. The number of hydrogen-bond acceptors (Lipinski definition) is 1. The first-order chi connectivity index (χ1) is 8.65. The number of hydrogen-bond donors (Lipinski definition) is 1. The van der Waals surface area contributed by atoms with Gasteiger partial charge in [-0.05, 0) is 23.6 Å². The Morgan fingerprint density at radius 1 is 1.00 bits per heavy atom. The molecule has 2 aromatic rings. The van der Waals surface area contributed by atoms with E-state index in [0.717, 1.165) is 5.56 Å². The molecule has 0 aliphatic heterocycles. The second kappa shape index (κ2) is 5.32. The van der Waals surface area contributed by atoms with Crippen LogP contribution < -0.4 is 0 Å². The molecule has 1 unspecified atom stereocenters. The molecule has 0 spiro atoms. The molecule has 94 valence electrons. The molecular weight excluding hydrogens is 227 g/mol. The maximum Gasteiger partial charge on any atom is 0.127 e. The van der Waals surface area contributed by atoms with Crippen molar-refractivity contribution in [1.82, 2.24) is 0 Å². The Bertz CT molecular complexity index is 510. The zero-order chi connectivity index (χ0) is 13.0. The molecule has 0 aromatic heterocycles. The highest BCUT2D eigenvalue weighted by Gasteiger charge is 2.28. The average Bonchev–Trinajstić information content (AvgIpc) is 2.40. The lowest BCUT2D eigenvalue weighted by Gasteiger charge is -2.28. The SMILES string of the molecule is CC(CO)(Cc1ccccc1)c1ccccc1F. The van der Waals surface area contributed by atoms with Crippen LogP contribution in [0, 0.1) is 5.82 Å². The molecule has 0 aliphatic rings. The van der Waals surface area contributed by atoms with Gasteiger partial charge in [0.2, 0.25) is 0 Å². The van der Waals surface area contributed by atoms with Crippen molar-refractivity contribution >= 4 is 0 Å². The van der Waals surface area contributed by atoms with Crippen LogP contribution in [0.25, 0.3) is 0 Å². The number of aliphatic hydroxyl groups is 1. The van der Waals surface area contributed by atoms with Gasteiger partial charge in [0.15, 0.2) is 0 Å². The molecule has 1 atom stereocenters. The standard InChI is InChI=1S/C16H17FO/c1-16(12-18,11-13-7-3-2-4-8-13)14-9-5-6-10-15(14)17/h2-10,18H,11-12H2,1H3. The number of aliphatic hydroxyl groups excluding tert-OH is 1. The summed E-state index contributed by atoms with van der Waals surface area (Å²) in [6, 6.07) is 16.5. The molecule has 0 saturated carbocycles. The van der Waals surface area contributed by atoms with Crippen LogP contribution in [0.2, 0.25) is 0 Å². The van der Waals surface area contributed by atoms with Gasteiger partial charge in [-0.1, -0.05) is 55.5 Å². The molecule has 0 bridgehead atoms. The third-order valence-corrected chi connectivity index (χ3v) is 3.31. The molecule has 2 heteroatoms. The van der Waals surface area contributed by atoms with Gasteiger partial charge in [0.05, 0.1) is 6.61 Å². The van der Waals surface area contributed by atoms with Crippen molar-refractivity contribution in [2.24, 2.45) is 0 Å². The van der Waals surface area contributed by atoms with Crippen LogP contribution in [-0.2, 0) is 11.8 Å². The summed E-state index contributed by atoms with van der Waals surface area (Å²) >= 11 is 0. The molecule has 1 nitrogen and oxygen atoms in total. The molecule has 1 N–H and O–H groups in total. The van der Waals surface area contributed by atoms with Gasteiger partial charge in [-0.15, -0.1) is 0 Å². The van der Waals surface area contributed by atoms with Crippen LogP contribution in [0.5, 0.6) is 0 Å². The van der Waals surface area contributed by atoms with Crippen molar-refractivity contribution in [3.8, 4) is 0 Å². The van der Waals surface area contributed by atoms with E-state index in [-0.39, 0.29) is 12.4 Å². The third-order valence-electron chi connectivity index (χ3n) is 3.31. The first-order valence-corrected chi connectivity index (χ1v) is 6.05. The quantitative estimate of drug-likeness (QED) is 0.874. The van der Waals surface area contributed by atoms with Crippen LogP contribution in [0.1, 0.15) is 18.1 Å². The molecule has 0 saturated heterocycles. The minimum absolute atomic E-state index is 0.0805. The fourth-order valence-corrected chi connectivity index (χ4v) is 2.23. The van der Waals surface area contributed by atoms with Gasteiger partial charge in [0.1, 0.15) is 5.82 Å². The van der Waals surface area contributed by atoms with Crippen molar-refractivity contribution < 1.29 is 9.50 Å². The van der Waals surface area contributed by atoms with Crippen molar-refractivity contribution in [2.45, 2.75) is 18.8 Å². The minimum Gasteiger partial charge on any atom is -0.395 e. The smallest absolute Gasteiger partial charge is 0.127 e. The lowest BCUT2D eigenvalue weighted by Crippen LogP contribution is -2.30. The second-order valence-electron chi connectivity index (χ2n) is 4.86. The summed E-state index contributed by atoms with van der Waals surface area (Å²) in [5, 5.41) is 9.66. The zero-order valence-electron chi connectivity index (χ0n) is 10.4. The number of benzene rings is 2. The molecule has 0 amide bonds. The van der Waals surface area contributed by atoms with Crippen LogP contribution in [0.15, 0.2) is 54.6 Å². The second-order valence-corrected chi connectivity index (χ2v) is 4.86. The number of rotatable bonds is 4. The summed E-state index contributed by atoms with van der Waals surface area (Å²) in [4.78, 5) is 0. The lowest BCUT2D eigenvalue weighted by atomic mass is 9.78. The summed E-state index contributed by atoms with van der Waals surface area (Å²) in [7, 11) is 0. The van der Waals surface area contributed by atoms with E-state index in [1.807, 2.05) is 37.3 Å². The maximum absolute atomic E-state index is 13.9. The van der Waals surface area contributed by atoms with E-state index < -0.39 is 5.41 Å². The van der Waals surface area contributed by atoms with E-state index in [4.69, 9.17) is 0 Å². The number of halogens is 1. The Balaban J connectivity index is 2.34. The largest absolute Gasteiger partial charge is 0.395 e. The molecule has 0 aliphatic carbocycles. The van der Waals surface area contributed by atoms with Crippen molar-refractivity contribution in [1.29, 1.82) is 0 Å². The normalized spacial score (nSPS) is 14.2. The first-order valence-electron chi connectivity index (χ1n) is 6.05. The molecule has 0 radical (unpaired) electrons. The van der Waals surface area contributed by atoms with E-state index >= 15 is 0 Å². The summed E-state index contributed by atoms with van der Waals surface area (Å²) in [6.07, 6.45) is 0.616. The zero-order valence-corrected chi connectivity index (χ0v) is 10.4. The minimum atomic E-state index is -0.591. The van der Waals surface area contributed by atoms with E-state index in [0.29, 0.717) is 12.0 Å². The third kappa shape index (κ3) is 2.59. The Labute approximate surface area is 107 Å². The van der Waals surface area contributed by atoms with Gasteiger partial charge in [0.25, 0.3) is 0 Å². The van der Waals surface area contributed by atoms with Gasteiger partial charge in [-0.3, -0.25) is 0 Å². The Morgan fingerprint density at radius 2 is 1.61 bits per heavy atom. The van der Waals surface area contributed by atoms with Crippen molar-refractivity contribution in [3.63, 3.8) is 0 Å². The summed E-state index contributed by atoms with van der Waals surface area (Å²) in [5.41, 5.74) is 1.07. The van der Waals surface area contributed by atoms with Crippen LogP contribution in [0.3, 0.4) is 0 Å². The van der Waals surface area contributed by atoms with E-state index in [2.05, 4.69) is 0 Å². The maximum atomic E-state index is 13.9. The van der Waals surface area contributed by atoms with Gasteiger partial charge in [0, 0.05) is 5.41 Å². The van der Waals surface area contributed by atoms with E-state index in [1.165, 1.54) is 6.07 Å².